The van der Waals surface area contributed by atoms with Gasteiger partial charge in [0.15, 0.2) is 0 Å². The zero-order chi connectivity index (χ0) is 16.2. The molecule has 10 heteroatoms. The van der Waals surface area contributed by atoms with Crippen molar-refractivity contribution in [3.63, 3.8) is 0 Å². The number of thioether (sulfide) groups is 1. The van der Waals surface area contributed by atoms with Crippen molar-refractivity contribution in [2.75, 3.05) is 12.0 Å². The molecule has 0 aliphatic heterocycles. The Balaban J connectivity index is 3.14. The fourth-order valence-electron chi connectivity index (χ4n) is 1.50. The molecule has 5 nitrogen and oxygen atoms in total. The van der Waals surface area contributed by atoms with Crippen molar-refractivity contribution in [3.05, 3.63) is 28.2 Å². The second kappa shape index (κ2) is 7.52. The van der Waals surface area contributed by atoms with Gasteiger partial charge in [0.1, 0.15) is 22.6 Å². The molecule has 0 fully saturated rings. The van der Waals surface area contributed by atoms with Gasteiger partial charge in [-0.25, -0.2) is 17.2 Å². The van der Waals surface area contributed by atoms with Gasteiger partial charge < -0.3 is 5.11 Å². The van der Waals surface area contributed by atoms with Crippen LogP contribution in [0.1, 0.15) is 6.42 Å². The number of rotatable bonds is 7. The summed E-state index contributed by atoms with van der Waals surface area (Å²) in [5.41, 5.74) is 0. The summed E-state index contributed by atoms with van der Waals surface area (Å²) in [5.74, 6) is -3.21. The maximum absolute atomic E-state index is 13.7. The van der Waals surface area contributed by atoms with Gasteiger partial charge in [0.05, 0.1) is 0 Å². The first kappa shape index (κ1) is 18.3. The Morgan fingerprint density at radius 1 is 1.48 bits per heavy atom. The van der Waals surface area contributed by atoms with Crippen LogP contribution < -0.4 is 4.72 Å². The van der Waals surface area contributed by atoms with Gasteiger partial charge in [-0.2, -0.15) is 16.5 Å². The lowest BCUT2D eigenvalue weighted by molar-refractivity contribution is -0.139. The van der Waals surface area contributed by atoms with E-state index in [0.717, 1.165) is 6.07 Å². The van der Waals surface area contributed by atoms with Crippen LogP contribution in [0.25, 0.3) is 0 Å². The maximum Gasteiger partial charge on any atom is 0.321 e. The predicted molar refractivity (Wildman–Crippen MR) is 78.8 cm³/mol. The number of nitrogens with one attached hydrogen (secondary N) is 1. The first-order valence-electron chi connectivity index (χ1n) is 5.57. The lowest BCUT2D eigenvalue weighted by Gasteiger charge is -2.15. The molecule has 21 heavy (non-hydrogen) atoms. The van der Waals surface area contributed by atoms with Crippen LogP contribution >= 0.6 is 27.7 Å². The van der Waals surface area contributed by atoms with E-state index in [0.29, 0.717) is 11.8 Å². The van der Waals surface area contributed by atoms with Gasteiger partial charge >= 0.3 is 5.97 Å². The van der Waals surface area contributed by atoms with Crippen LogP contribution in [0.5, 0.6) is 0 Å². The number of sulfonamides is 1. The highest BCUT2D eigenvalue weighted by atomic mass is 79.9. The summed E-state index contributed by atoms with van der Waals surface area (Å²) in [4.78, 5) is 10.2. The van der Waals surface area contributed by atoms with Gasteiger partial charge in [0.25, 0.3) is 0 Å². The highest BCUT2D eigenvalue weighted by molar-refractivity contribution is 9.10. The molecule has 118 valence electrons. The molecule has 0 amide bonds. The summed E-state index contributed by atoms with van der Waals surface area (Å²) in [5, 5.41) is 8.99. The molecule has 0 heterocycles. The molecule has 1 aromatic rings. The Hall–Kier alpha value is -0.710. The van der Waals surface area contributed by atoms with E-state index in [4.69, 9.17) is 5.11 Å². The number of carbonyl (C=O) groups is 1. The molecule has 0 radical (unpaired) electrons. The van der Waals surface area contributed by atoms with E-state index < -0.39 is 38.6 Å². The van der Waals surface area contributed by atoms with Crippen molar-refractivity contribution in [1.29, 1.82) is 0 Å². The minimum Gasteiger partial charge on any atom is -0.480 e. The third-order valence-electron chi connectivity index (χ3n) is 2.44. The molecule has 0 unspecified atom stereocenters. The molecule has 1 atom stereocenters. The van der Waals surface area contributed by atoms with E-state index >= 15 is 0 Å². The number of hydrogen-bond donors (Lipinski definition) is 2. The quantitative estimate of drug-likeness (QED) is 0.728. The first-order valence-corrected chi connectivity index (χ1v) is 9.24. The maximum atomic E-state index is 13.7. The van der Waals surface area contributed by atoms with Gasteiger partial charge in [0.2, 0.25) is 10.0 Å². The van der Waals surface area contributed by atoms with Gasteiger partial charge in [-0.1, -0.05) is 0 Å². The van der Waals surface area contributed by atoms with Gasteiger partial charge in [-0.3, -0.25) is 4.79 Å². The van der Waals surface area contributed by atoms with Crippen LogP contribution in [0.4, 0.5) is 8.78 Å². The van der Waals surface area contributed by atoms with Crippen LogP contribution in [0, 0.1) is 11.6 Å². The normalized spacial score (nSPS) is 13.1. The molecule has 0 saturated heterocycles. The van der Waals surface area contributed by atoms with Crippen molar-refractivity contribution in [2.45, 2.75) is 17.4 Å². The summed E-state index contributed by atoms with van der Waals surface area (Å²) in [6.07, 6.45) is 1.78. The van der Waals surface area contributed by atoms with E-state index in [-0.39, 0.29) is 10.9 Å². The predicted octanol–water partition coefficient (Wildman–Crippen LogP) is 2.21. The van der Waals surface area contributed by atoms with Gasteiger partial charge in [-0.05, 0) is 40.4 Å². The Morgan fingerprint density at radius 3 is 2.57 bits per heavy atom. The molecule has 0 aliphatic rings. The van der Waals surface area contributed by atoms with Gasteiger partial charge in [0, 0.05) is 10.5 Å². The first-order chi connectivity index (χ1) is 9.69. The van der Waals surface area contributed by atoms with E-state index in [1.165, 1.54) is 11.8 Å². The number of halogens is 3. The number of carboxylic acids is 1. The topological polar surface area (TPSA) is 83.5 Å². The summed E-state index contributed by atoms with van der Waals surface area (Å²) < 4.78 is 52.4. The summed E-state index contributed by atoms with van der Waals surface area (Å²) in [6.45, 7) is 0. The molecule has 2 N–H and O–H groups in total. The van der Waals surface area contributed by atoms with Crippen molar-refractivity contribution >= 4 is 43.7 Å². The lowest BCUT2D eigenvalue weighted by atomic mass is 10.2. The average molecular weight is 404 g/mol. The standard InChI is InChI=1S/C11H12BrF2NO4S2/c1-20-3-2-9(11(16)17)15-21(18,19)10-7(12)4-6(13)5-8(10)14/h4-5,9,15H,2-3H2,1H3,(H,16,17)/t9-/m1/s1. The van der Waals surface area contributed by atoms with Crippen LogP contribution in [0.15, 0.2) is 21.5 Å². The van der Waals surface area contributed by atoms with E-state index in [1.807, 2.05) is 4.72 Å². The molecular weight excluding hydrogens is 392 g/mol. The van der Waals surface area contributed by atoms with Crippen molar-refractivity contribution in [3.8, 4) is 0 Å². The average Bonchev–Trinajstić information content (AvgIpc) is 2.32. The van der Waals surface area contributed by atoms with Crippen LogP contribution in [0.3, 0.4) is 0 Å². The second-order valence-corrected chi connectivity index (χ2v) is 7.48. The fourth-order valence-corrected chi connectivity index (χ4v) is 4.36. The largest absolute Gasteiger partial charge is 0.480 e. The van der Waals surface area contributed by atoms with Crippen molar-refractivity contribution < 1.29 is 27.1 Å². The van der Waals surface area contributed by atoms with Crippen LogP contribution in [0.2, 0.25) is 0 Å². The smallest absolute Gasteiger partial charge is 0.321 e. The summed E-state index contributed by atoms with van der Waals surface area (Å²) in [7, 11) is -4.44. The molecular formula is C11H12BrF2NO4S2. The van der Waals surface area contributed by atoms with Gasteiger partial charge in [-0.15, -0.1) is 0 Å². The van der Waals surface area contributed by atoms with E-state index in [9.17, 15) is 22.0 Å². The molecule has 0 spiro atoms. The zero-order valence-electron chi connectivity index (χ0n) is 10.8. The van der Waals surface area contributed by atoms with Crippen molar-refractivity contribution in [2.24, 2.45) is 0 Å². The number of carboxylic acid groups (broad SMARTS) is 1. The molecule has 0 bridgehead atoms. The highest BCUT2D eigenvalue weighted by Crippen LogP contribution is 2.26. The lowest BCUT2D eigenvalue weighted by Crippen LogP contribution is -2.41. The highest BCUT2D eigenvalue weighted by Gasteiger charge is 2.29. The Labute approximate surface area is 133 Å². The molecule has 1 aromatic carbocycles. The number of hydrogen-bond acceptors (Lipinski definition) is 4. The van der Waals surface area contributed by atoms with E-state index in [2.05, 4.69) is 15.9 Å². The Morgan fingerprint density at radius 2 is 2.10 bits per heavy atom. The molecule has 0 aliphatic carbocycles. The Kier molecular flexibility index (Phi) is 6.57. The molecule has 1 rings (SSSR count). The number of benzene rings is 1. The monoisotopic (exact) mass is 403 g/mol. The second-order valence-electron chi connectivity index (χ2n) is 3.99. The minimum atomic E-state index is -4.44. The molecule has 0 saturated carbocycles. The fraction of sp³-hybridized carbons (Fsp3) is 0.364. The minimum absolute atomic E-state index is 0.0379. The third kappa shape index (κ3) is 4.90. The van der Waals surface area contributed by atoms with Crippen molar-refractivity contribution in [1.82, 2.24) is 4.72 Å². The molecule has 0 aromatic heterocycles. The van der Waals surface area contributed by atoms with Crippen LogP contribution in [-0.2, 0) is 14.8 Å². The Bertz CT molecular complexity index is 616. The van der Waals surface area contributed by atoms with E-state index in [1.54, 1.807) is 6.26 Å². The summed E-state index contributed by atoms with van der Waals surface area (Å²) >= 11 is 4.11. The zero-order valence-corrected chi connectivity index (χ0v) is 14.0. The SMILES string of the molecule is CSCC[C@@H](NS(=O)(=O)c1c(F)cc(F)cc1Br)C(=O)O. The number of aliphatic carboxylic acids is 1. The summed E-state index contributed by atoms with van der Waals surface area (Å²) in [6, 6.07) is -0.189. The third-order valence-corrected chi connectivity index (χ3v) is 5.52. The van der Waals surface area contributed by atoms with Crippen LogP contribution in [-0.4, -0.2) is 37.5 Å².